The van der Waals surface area contributed by atoms with Crippen LogP contribution in [0.5, 0.6) is 0 Å². The Morgan fingerprint density at radius 2 is 0.361 bits per heavy atom. The van der Waals surface area contributed by atoms with E-state index in [0.717, 1.165) is 106 Å². The minimum absolute atomic E-state index is 0.596. The molecule has 0 atom stereocenters. The SMILES string of the molecule is c1ccc(-c2cc(-c3ccccc3)cc(-c3cc(-c4cc(-c5ccccc5)cc(-c5ccccc5)c4)cc(-c4cccc(-c5cccc(-c6nc(-c7ccccc7)nc(-c7ccccc7)n6)c5)n4)c3)c2)cc1. The third-order valence-electron chi connectivity index (χ3n) is 13.1. The van der Waals surface area contributed by atoms with E-state index in [1.807, 2.05) is 60.7 Å². The van der Waals surface area contributed by atoms with Gasteiger partial charge in [-0.05, 0) is 140 Å². The summed E-state index contributed by atoms with van der Waals surface area (Å²) in [5, 5.41) is 0. The highest BCUT2D eigenvalue weighted by Gasteiger charge is 2.17. The molecule has 12 rings (SSSR count). The molecule has 0 spiro atoms. The standard InChI is InChI=1S/C68H46N4/c1-7-21-47(22-8-1)55-38-56(48-23-9-2-10-24-48)41-59(40-55)61-44-62(60-42-57(49-25-11-3-12-26-49)39-58(43-60)50-27-13-4-14-28-50)46-63(45-61)65-36-20-35-64(69-65)53-33-19-34-54(37-53)68-71-66(51-29-15-5-16-30-51)70-67(72-68)52-31-17-6-18-32-52/h1-46H. The summed E-state index contributed by atoms with van der Waals surface area (Å²) in [6.45, 7) is 0. The molecule has 0 N–H and O–H groups in total. The number of benzene rings is 10. The highest BCUT2D eigenvalue weighted by atomic mass is 15.0. The number of nitrogens with zero attached hydrogens (tertiary/aromatic N) is 4. The van der Waals surface area contributed by atoms with E-state index in [1.165, 1.54) is 0 Å². The lowest BCUT2D eigenvalue weighted by Gasteiger charge is -2.16. The minimum atomic E-state index is 0.596. The highest BCUT2D eigenvalue weighted by molar-refractivity contribution is 5.88. The molecular weight excluding hydrogens is 873 g/mol. The molecular formula is C68H46N4. The van der Waals surface area contributed by atoms with Crippen molar-refractivity contribution in [2.75, 3.05) is 0 Å². The van der Waals surface area contributed by atoms with E-state index in [2.05, 4.69) is 218 Å². The molecule has 0 saturated heterocycles. The van der Waals surface area contributed by atoms with Gasteiger partial charge in [0.05, 0.1) is 11.4 Å². The van der Waals surface area contributed by atoms with Gasteiger partial charge in [-0.25, -0.2) is 19.9 Å². The Bertz CT molecular complexity index is 3510. The molecule has 0 unspecified atom stereocenters. The van der Waals surface area contributed by atoms with Gasteiger partial charge in [-0.2, -0.15) is 0 Å². The molecule has 0 bridgehead atoms. The molecule has 0 radical (unpaired) electrons. The van der Waals surface area contributed by atoms with Gasteiger partial charge in [0.2, 0.25) is 0 Å². The molecule has 72 heavy (non-hydrogen) atoms. The smallest absolute Gasteiger partial charge is 0.164 e. The predicted octanol–water partition coefficient (Wildman–Crippen LogP) is 17.6. The maximum Gasteiger partial charge on any atom is 0.164 e. The normalized spacial score (nSPS) is 11.1. The second-order valence-electron chi connectivity index (χ2n) is 17.9. The monoisotopic (exact) mass is 918 g/mol. The second-order valence-corrected chi connectivity index (χ2v) is 17.9. The van der Waals surface area contributed by atoms with Crippen LogP contribution < -0.4 is 0 Å². The van der Waals surface area contributed by atoms with Gasteiger partial charge in [-0.15, -0.1) is 0 Å². The molecule has 338 valence electrons. The molecule has 4 heteroatoms. The van der Waals surface area contributed by atoms with Crippen LogP contribution in [0.4, 0.5) is 0 Å². The lowest BCUT2D eigenvalue weighted by Crippen LogP contribution is -2.00. The van der Waals surface area contributed by atoms with E-state index >= 15 is 0 Å². The Kier molecular flexibility index (Phi) is 12.0. The third kappa shape index (κ3) is 9.41. The Morgan fingerprint density at radius 1 is 0.139 bits per heavy atom. The maximum atomic E-state index is 5.46. The van der Waals surface area contributed by atoms with Crippen molar-refractivity contribution in [2.24, 2.45) is 0 Å². The van der Waals surface area contributed by atoms with Gasteiger partial charge in [0.25, 0.3) is 0 Å². The summed E-state index contributed by atoms with van der Waals surface area (Å²) >= 11 is 0. The van der Waals surface area contributed by atoms with Crippen LogP contribution in [0.1, 0.15) is 0 Å². The lowest BCUT2D eigenvalue weighted by molar-refractivity contribution is 1.07. The van der Waals surface area contributed by atoms with Crippen LogP contribution in [0.3, 0.4) is 0 Å². The zero-order valence-electron chi connectivity index (χ0n) is 39.3. The van der Waals surface area contributed by atoms with E-state index in [1.54, 1.807) is 0 Å². The fraction of sp³-hybridized carbons (Fsp3) is 0. The van der Waals surface area contributed by atoms with Gasteiger partial charge in [0.1, 0.15) is 0 Å². The Hall–Kier alpha value is -9.64. The van der Waals surface area contributed by atoms with Crippen molar-refractivity contribution >= 4 is 0 Å². The maximum absolute atomic E-state index is 5.46. The number of pyridine rings is 1. The first-order chi connectivity index (χ1) is 35.6. The average molecular weight is 919 g/mol. The summed E-state index contributed by atoms with van der Waals surface area (Å²) in [6, 6.07) is 98.3. The largest absolute Gasteiger partial charge is 0.248 e. The van der Waals surface area contributed by atoms with Gasteiger partial charge < -0.3 is 0 Å². The first-order valence-corrected chi connectivity index (χ1v) is 24.3. The molecule has 0 amide bonds. The van der Waals surface area contributed by atoms with Crippen LogP contribution in [0, 0.1) is 0 Å². The average Bonchev–Trinajstić information content (AvgIpc) is 3.48. The number of hydrogen-bond acceptors (Lipinski definition) is 4. The minimum Gasteiger partial charge on any atom is -0.248 e. The number of rotatable bonds is 11. The fourth-order valence-electron chi connectivity index (χ4n) is 9.40. The number of hydrogen-bond donors (Lipinski definition) is 0. The van der Waals surface area contributed by atoms with Gasteiger partial charge in [0, 0.05) is 27.8 Å². The van der Waals surface area contributed by atoms with Crippen LogP contribution in [0.25, 0.3) is 123 Å². The summed E-state index contributed by atoms with van der Waals surface area (Å²) in [5.41, 5.74) is 20.1. The Morgan fingerprint density at radius 3 is 0.708 bits per heavy atom. The zero-order chi connectivity index (χ0) is 48.1. The number of aromatic nitrogens is 4. The lowest BCUT2D eigenvalue weighted by atomic mass is 9.89. The van der Waals surface area contributed by atoms with Gasteiger partial charge in [-0.1, -0.05) is 206 Å². The van der Waals surface area contributed by atoms with Gasteiger partial charge in [0.15, 0.2) is 17.5 Å². The molecule has 0 aliphatic rings. The van der Waals surface area contributed by atoms with Crippen molar-refractivity contribution in [3.8, 4) is 123 Å². The summed E-state index contributed by atoms with van der Waals surface area (Å²) in [7, 11) is 0. The van der Waals surface area contributed by atoms with Crippen LogP contribution in [0.2, 0.25) is 0 Å². The Labute approximate surface area is 420 Å². The Balaban J connectivity index is 1.02. The van der Waals surface area contributed by atoms with Crippen molar-refractivity contribution in [1.82, 2.24) is 19.9 Å². The first-order valence-electron chi connectivity index (χ1n) is 24.3. The topological polar surface area (TPSA) is 51.6 Å². The third-order valence-corrected chi connectivity index (χ3v) is 13.1. The molecule has 12 aromatic rings. The molecule has 0 saturated carbocycles. The molecule has 0 aliphatic heterocycles. The van der Waals surface area contributed by atoms with Gasteiger partial charge in [-0.3, -0.25) is 0 Å². The van der Waals surface area contributed by atoms with Crippen molar-refractivity contribution in [1.29, 1.82) is 0 Å². The fourth-order valence-corrected chi connectivity index (χ4v) is 9.40. The van der Waals surface area contributed by atoms with E-state index in [-0.39, 0.29) is 0 Å². The van der Waals surface area contributed by atoms with Crippen molar-refractivity contribution in [2.45, 2.75) is 0 Å². The van der Waals surface area contributed by atoms with E-state index in [0.29, 0.717) is 17.5 Å². The molecule has 4 nitrogen and oxygen atoms in total. The van der Waals surface area contributed by atoms with Crippen LogP contribution >= 0.6 is 0 Å². The van der Waals surface area contributed by atoms with Crippen LogP contribution in [-0.4, -0.2) is 19.9 Å². The summed E-state index contributed by atoms with van der Waals surface area (Å²) in [4.78, 5) is 20.5. The van der Waals surface area contributed by atoms with Crippen molar-refractivity contribution in [3.05, 3.63) is 279 Å². The molecule has 2 aromatic heterocycles. The molecule has 0 aliphatic carbocycles. The van der Waals surface area contributed by atoms with Crippen LogP contribution in [0.15, 0.2) is 279 Å². The molecule has 2 heterocycles. The van der Waals surface area contributed by atoms with E-state index in [4.69, 9.17) is 19.9 Å². The first kappa shape index (κ1) is 43.6. The molecule has 10 aromatic carbocycles. The summed E-state index contributed by atoms with van der Waals surface area (Å²) < 4.78 is 0. The quantitative estimate of drug-likeness (QED) is 0.130. The van der Waals surface area contributed by atoms with Crippen LogP contribution in [-0.2, 0) is 0 Å². The summed E-state index contributed by atoms with van der Waals surface area (Å²) in [6.07, 6.45) is 0. The van der Waals surface area contributed by atoms with Gasteiger partial charge >= 0.3 is 0 Å². The molecule has 0 fully saturated rings. The van der Waals surface area contributed by atoms with Crippen molar-refractivity contribution < 1.29 is 0 Å². The zero-order valence-corrected chi connectivity index (χ0v) is 39.3. The van der Waals surface area contributed by atoms with Crippen molar-refractivity contribution in [3.63, 3.8) is 0 Å². The van der Waals surface area contributed by atoms with E-state index in [9.17, 15) is 0 Å². The predicted molar refractivity (Wildman–Crippen MR) is 297 cm³/mol. The second kappa shape index (κ2) is 19.8. The van der Waals surface area contributed by atoms with E-state index < -0.39 is 0 Å². The highest BCUT2D eigenvalue weighted by Crippen LogP contribution is 2.40. The summed E-state index contributed by atoms with van der Waals surface area (Å²) in [5.74, 6) is 1.84.